The summed E-state index contributed by atoms with van der Waals surface area (Å²) in [6.07, 6.45) is 0.986. The zero-order chi connectivity index (χ0) is 20.1. The molecule has 0 bridgehead atoms. The molecule has 0 unspecified atom stereocenters. The number of unbranched alkanes of at least 4 members (excludes halogenated alkanes) is 1. The van der Waals surface area contributed by atoms with E-state index in [1.807, 2.05) is 37.3 Å². The van der Waals surface area contributed by atoms with Crippen LogP contribution in [0.3, 0.4) is 0 Å². The van der Waals surface area contributed by atoms with Gasteiger partial charge in [-0.25, -0.2) is 4.79 Å². The number of ether oxygens (including phenoxy) is 1. The van der Waals surface area contributed by atoms with E-state index >= 15 is 0 Å². The molecule has 10 heteroatoms. The molecule has 0 atom stereocenters. The molecular formula is C18H18ClN5O4. The summed E-state index contributed by atoms with van der Waals surface area (Å²) >= 11 is 5.99. The van der Waals surface area contributed by atoms with Gasteiger partial charge >= 0.3 is 11.9 Å². The lowest BCUT2D eigenvalue weighted by Gasteiger charge is -2.21. The Hall–Kier alpha value is -3.20. The molecule has 146 valence electrons. The summed E-state index contributed by atoms with van der Waals surface area (Å²) in [7, 11) is 0. The summed E-state index contributed by atoms with van der Waals surface area (Å²) in [5.74, 6) is -0.141. The second-order valence-corrected chi connectivity index (χ2v) is 6.33. The van der Waals surface area contributed by atoms with Crippen LogP contribution in [0.5, 0.6) is 0 Å². The minimum atomic E-state index is -0.613. The van der Waals surface area contributed by atoms with Crippen molar-refractivity contribution in [2.75, 3.05) is 11.5 Å². The molecule has 0 radical (unpaired) electrons. The van der Waals surface area contributed by atoms with Crippen molar-refractivity contribution in [1.29, 1.82) is 0 Å². The van der Waals surface area contributed by atoms with Crippen LogP contribution in [-0.2, 0) is 11.3 Å². The van der Waals surface area contributed by atoms with Crippen LogP contribution in [0.15, 0.2) is 42.5 Å². The molecule has 3 aromatic rings. The van der Waals surface area contributed by atoms with E-state index < -0.39 is 11.0 Å². The summed E-state index contributed by atoms with van der Waals surface area (Å²) in [4.78, 5) is 28.9. The summed E-state index contributed by atoms with van der Waals surface area (Å²) in [6.45, 7) is 2.41. The van der Waals surface area contributed by atoms with Crippen LogP contribution in [-0.4, -0.2) is 32.2 Å². The van der Waals surface area contributed by atoms with Crippen molar-refractivity contribution in [3.63, 3.8) is 0 Å². The molecule has 28 heavy (non-hydrogen) atoms. The Morgan fingerprint density at radius 2 is 2.04 bits per heavy atom. The Labute approximate surface area is 165 Å². The number of nitro groups is 1. The minimum Gasteiger partial charge on any atom is -0.449 e. The number of carbonyl (C=O) groups excluding carboxylic acids is 1. The third-order valence-electron chi connectivity index (χ3n) is 4.02. The normalized spacial score (nSPS) is 10.8. The SMILES string of the molecule is CCCCOC(=O)N(Cc1ccccc1)c1nc(Cl)nn2c([N+](=O)[O-])ccc12. The molecule has 1 amide bonds. The molecule has 0 fully saturated rings. The fraction of sp³-hybridized carbons (Fsp3) is 0.278. The topological polar surface area (TPSA) is 103 Å². The van der Waals surface area contributed by atoms with E-state index in [1.165, 1.54) is 17.0 Å². The molecule has 0 aliphatic rings. The zero-order valence-corrected chi connectivity index (χ0v) is 15.9. The first-order chi connectivity index (χ1) is 13.5. The van der Waals surface area contributed by atoms with Crippen molar-refractivity contribution in [3.8, 4) is 0 Å². The number of halogens is 1. The number of nitrogens with zero attached hydrogens (tertiary/aromatic N) is 5. The third kappa shape index (κ3) is 4.20. The van der Waals surface area contributed by atoms with Gasteiger partial charge in [-0.1, -0.05) is 48.2 Å². The van der Waals surface area contributed by atoms with Crippen molar-refractivity contribution in [3.05, 3.63) is 63.4 Å². The molecule has 2 aromatic heterocycles. The third-order valence-corrected chi connectivity index (χ3v) is 4.18. The number of benzene rings is 1. The predicted octanol–water partition coefficient (Wildman–Crippen LogP) is 4.23. The van der Waals surface area contributed by atoms with Gasteiger partial charge < -0.3 is 14.9 Å². The summed E-state index contributed by atoms with van der Waals surface area (Å²) in [6, 6.07) is 12.0. The lowest BCUT2D eigenvalue weighted by atomic mass is 10.2. The number of hydrogen-bond acceptors (Lipinski definition) is 6. The first kappa shape index (κ1) is 19.6. The lowest BCUT2D eigenvalue weighted by Crippen LogP contribution is -2.32. The Morgan fingerprint density at radius 1 is 1.29 bits per heavy atom. The minimum absolute atomic E-state index is 0.137. The molecule has 0 saturated heterocycles. The highest BCUT2D eigenvalue weighted by Gasteiger charge is 2.27. The van der Waals surface area contributed by atoms with Crippen LogP contribution in [0.1, 0.15) is 25.3 Å². The van der Waals surface area contributed by atoms with E-state index in [9.17, 15) is 14.9 Å². The van der Waals surface area contributed by atoms with Crippen LogP contribution >= 0.6 is 11.6 Å². The van der Waals surface area contributed by atoms with Gasteiger partial charge in [0.15, 0.2) is 11.3 Å². The fourth-order valence-corrected chi connectivity index (χ4v) is 2.81. The van der Waals surface area contributed by atoms with Crippen molar-refractivity contribution >= 4 is 34.8 Å². The second-order valence-electron chi connectivity index (χ2n) is 5.99. The number of rotatable bonds is 7. The number of carbonyl (C=O) groups is 1. The summed E-state index contributed by atoms with van der Waals surface area (Å²) in [5.41, 5.74) is 1.11. The van der Waals surface area contributed by atoms with E-state index in [4.69, 9.17) is 16.3 Å². The van der Waals surface area contributed by atoms with Crippen molar-refractivity contribution < 1.29 is 14.5 Å². The zero-order valence-electron chi connectivity index (χ0n) is 15.1. The van der Waals surface area contributed by atoms with E-state index in [0.29, 0.717) is 0 Å². The fourth-order valence-electron chi connectivity index (χ4n) is 2.65. The van der Waals surface area contributed by atoms with Crippen LogP contribution in [0.4, 0.5) is 16.4 Å². The molecule has 1 aromatic carbocycles. The highest BCUT2D eigenvalue weighted by molar-refractivity contribution is 6.28. The van der Waals surface area contributed by atoms with Crippen molar-refractivity contribution in [1.82, 2.24) is 14.6 Å². The molecule has 0 spiro atoms. The molecule has 0 aliphatic carbocycles. The number of hydrogen-bond donors (Lipinski definition) is 0. The first-order valence-corrected chi connectivity index (χ1v) is 9.07. The van der Waals surface area contributed by atoms with E-state index in [1.54, 1.807) is 0 Å². The van der Waals surface area contributed by atoms with Gasteiger partial charge in [0.1, 0.15) is 0 Å². The van der Waals surface area contributed by atoms with Gasteiger partial charge in [-0.05, 0) is 39.7 Å². The predicted molar refractivity (Wildman–Crippen MR) is 104 cm³/mol. The highest BCUT2D eigenvalue weighted by Crippen LogP contribution is 2.27. The van der Waals surface area contributed by atoms with Crippen LogP contribution in [0.2, 0.25) is 5.28 Å². The number of aromatic nitrogens is 3. The molecule has 3 rings (SSSR count). The molecule has 0 aliphatic heterocycles. The molecule has 0 N–H and O–H groups in total. The second kappa shape index (κ2) is 8.66. The van der Waals surface area contributed by atoms with Gasteiger partial charge in [-0.15, -0.1) is 0 Å². The smallest absolute Gasteiger partial charge is 0.415 e. The molecule has 0 saturated carbocycles. The Kier molecular flexibility index (Phi) is 6.05. The van der Waals surface area contributed by atoms with E-state index in [0.717, 1.165) is 22.9 Å². The van der Waals surface area contributed by atoms with Gasteiger partial charge in [0.2, 0.25) is 0 Å². The highest BCUT2D eigenvalue weighted by atomic mass is 35.5. The summed E-state index contributed by atoms with van der Waals surface area (Å²) in [5, 5.41) is 14.9. The average molecular weight is 404 g/mol. The molecule has 2 heterocycles. The Morgan fingerprint density at radius 3 is 2.71 bits per heavy atom. The van der Waals surface area contributed by atoms with Crippen molar-refractivity contribution in [2.45, 2.75) is 26.3 Å². The standard InChI is InChI=1S/C18H18ClN5O4/c1-2-3-11-28-18(25)22(12-13-7-5-4-6-8-13)16-14-9-10-15(24(26)27)23(14)21-17(19)20-16/h4-10H,2-3,11-12H2,1H3. The van der Waals surface area contributed by atoms with E-state index in [-0.39, 0.29) is 35.6 Å². The van der Waals surface area contributed by atoms with Crippen LogP contribution in [0.25, 0.3) is 5.52 Å². The van der Waals surface area contributed by atoms with Gasteiger partial charge in [0.05, 0.1) is 13.2 Å². The number of anilines is 1. The van der Waals surface area contributed by atoms with Crippen LogP contribution in [0, 0.1) is 10.1 Å². The average Bonchev–Trinajstić information content (AvgIpc) is 3.10. The Balaban J connectivity index is 2.06. The van der Waals surface area contributed by atoms with Crippen LogP contribution < -0.4 is 4.90 Å². The van der Waals surface area contributed by atoms with Gasteiger partial charge in [0.25, 0.3) is 5.28 Å². The first-order valence-electron chi connectivity index (χ1n) is 8.69. The number of fused-ring (bicyclic) bond motifs is 1. The molecule has 9 nitrogen and oxygen atoms in total. The summed E-state index contributed by atoms with van der Waals surface area (Å²) < 4.78 is 6.41. The maximum atomic E-state index is 12.8. The maximum Gasteiger partial charge on any atom is 0.415 e. The largest absolute Gasteiger partial charge is 0.449 e. The van der Waals surface area contributed by atoms with Gasteiger partial charge in [0, 0.05) is 6.07 Å². The lowest BCUT2D eigenvalue weighted by molar-refractivity contribution is -0.390. The van der Waals surface area contributed by atoms with E-state index in [2.05, 4.69) is 10.1 Å². The Bertz CT molecular complexity index is 992. The quantitative estimate of drug-likeness (QED) is 0.332. The molecular weight excluding hydrogens is 386 g/mol. The maximum absolute atomic E-state index is 12.8. The number of amides is 1. The van der Waals surface area contributed by atoms with Gasteiger partial charge in [-0.2, -0.15) is 4.98 Å². The monoisotopic (exact) mass is 403 g/mol. The van der Waals surface area contributed by atoms with Crippen molar-refractivity contribution in [2.24, 2.45) is 0 Å². The van der Waals surface area contributed by atoms with Gasteiger partial charge in [-0.3, -0.25) is 4.90 Å².